The summed E-state index contributed by atoms with van der Waals surface area (Å²) >= 11 is 6.56. The fraction of sp³-hybridized carbons (Fsp3) is 0.231. The van der Waals surface area contributed by atoms with Gasteiger partial charge in [0.05, 0.1) is 22.5 Å². The van der Waals surface area contributed by atoms with Crippen LogP contribution >= 0.6 is 23.1 Å². The summed E-state index contributed by atoms with van der Waals surface area (Å²) in [4.78, 5) is 11.6. The Kier molecular flexibility index (Phi) is 4.25. The SMILES string of the molecule is CC(=O)c1c(C)nsc1Nc1ccc(Cl)cc1C(F)(F)F. The predicted molar refractivity (Wildman–Crippen MR) is 76.6 cm³/mol. The summed E-state index contributed by atoms with van der Waals surface area (Å²) in [6, 6.07) is 3.41. The lowest BCUT2D eigenvalue weighted by molar-refractivity contribution is -0.136. The lowest BCUT2D eigenvalue weighted by atomic mass is 10.1. The zero-order chi connectivity index (χ0) is 15.8. The zero-order valence-corrected chi connectivity index (χ0v) is 12.6. The highest BCUT2D eigenvalue weighted by molar-refractivity contribution is 7.10. The maximum Gasteiger partial charge on any atom is 0.418 e. The van der Waals surface area contributed by atoms with Crippen LogP contribution in [0.2, 0.25) is 5.02 Å². The summed E-state index contributed by atoms with van der Waals surface area (Å²) in [7, 11) is 0. The van der Waals surface area contributed by atoms with E-state index >= 15 is 0 Å². The molecule has 0 radical (unpaired) electrons. The lowest BCUT2D eigenvalue weighted by Gasteiger charge is -2.14. The Morgan fingerprint density at radius 1 is 1.38 bits per heavy atom. The van der Waals surface area contributed by atoms with Gasteiger partial charge in [0.15, 0.2) is 5.78 Å². The van der Waals surface area contributed by atoms with E-state index in [0.717, 1.165) is 17.6 Å². The van der Waals surface area contributed by atoms with Crippen LogP contribution in [0.3, 0.4) is 0 Å². The minimum Gasteiger partial charge on any atom is -0.345 e. The standard InChI is InChI=1S/C13H10ClF3N2OS/c1-6-11(7(2)20)12(21-19-6)18-10-4-3-8(14)5-9(10)13(15,16)17/h3-5,18H,1-2H3. The molecule has 112 valence electrons. The van der Waals surface area contributed by atoms with Gasteiger partial charge in [-0.2, -0.15) is 17.5 Å². The maximum atomic E-state index is 13.0. The molecule has 8 heteroatoms. The third kappa shape index (κ3) is 3.36. The van der Waals surface area contributed by atoms with Crippen LogP contribution in [0, 0.1) is 6.92 Å². The molecular formula is C13H10ClF3N2OS. The molecule has 0 bridgehead atoms. The highest BCUT2D eigenvalue weighted by Crippen LogP contribution is 2.39. The topological polar surface area (TPSA) is 42.0 Å². The highest BCUT2D eigenvalue weighted by atomic mass is 35.5. The van der Waals surface area contributed by atoms with Crippen molar-refractivity contribution in [2.45, 2.75) is 20.0 Å². The smallest absolute Gasteiger partial charge is 0.345 e. The Morgan fingerprint density at radius 3 is 2.62 bits per heavy atom. The molecule has 0 fully saturated rings. The van der Waals surface area contributed by atoms with Gasteiger partial charge in [-0.25, -0.2) is 0 Å². The van der Waals surface area contributed by atoms with E-state index in [1.165, 1.54) is 19.1 Å². The minimum atomic E-state index is -4.55. The Bertz CT molecular complexity index is 697. The molecule has 0 saturated heterocycles. The van der Waals surface area contributed by atoms with Crippen molar-refractivity contribution in [2.75, 3.05) is 5.32 Å². The summed E-state index contributed by atoms with van der Waals surface area (Å²) in [5.41, 5.74) is -0.283. The van der Waals surface area contributed by atoms with Crippen molar-refractivity contribution in [2.24, 2.45) is 0 Å². The molecule has 3 nitrogen and oxygen atoms in total. The minimum absolute atomic E-state index is 0.0137. The van der Waals surface area contributed by atoms with Gasteiger partial charge in [-0.05, 0) is 43.6 Å². The van der Waals surface area contributed by atoms with E-state index in [1.54, 1.807) is 6.92 Å². The molecule has 0 amide bonds. The third-order valence-electron chi connectivity index (χ3n) is 2.75. The van der Waals surface area contributed by atoms with Gasteiger partial charge in [-0.1, -0.05) is 11.6 Å². The molecule has 1 heterocycles. The van der Waals surface area contributed by atoms with Gasteiger partial charge in [0, 0.05) is 5.02 Å². The Morgan fingerprint density at radius 2 is 2.05 bits per heavy atom. The van der Waals surface area contributed by atoms with Gasteiger partial charge < -0.3 is 5.32 Å². The first-order valence-electron chi connectivity index (χ1n) is 5.81. The van der Waals surface area contributed by atoms with Crippen LogP contribution in [0.1, 0.15) is 28.5 Å². The summed E-state index contributed by atoms with van der Waals surface area (Å²) in [6.45, 7) is 2.97. The molecule has 0 atom stereocenters. The molecule has 0 aliphatic carbocycles. The van der Waals surface area contributed by atoms with E-state index < -0.39 is 11.7 Å². The van der Waals surface area contributed by atoms with Crippen molar-refractivity contribution in [1.82, 2.24) is 4.37 Å². The van der Waals surface area contributed by atoms with E-state index in [2.05, 4.69) is 9.69 Å². The quantitative estimate of drug-likeness (QED) is 0.797. The predicted octanol–water partition coefficient (Wildman–Crippen LogP) is 5.07. The first kappa shape index (κ1) is 15.8. The fourth-order valence-corrected chi connectivity index (χ4v) is 2.88. The van der Waals surface area contributed by atoms with E-state index in [-0.39, 0.29) is 21.5 Å². The second kappa shape index (κ2) is 5.65. The molecule has 1 aromatic heterocycles. The van der Waals surface area contributed by atoms with Gasteiger partial charge >= 0.3 is 6.18 Å². The van der Waals surface area contributed by atoms with Crippen LogP contribution in [0.25, 0.3) is 0 Å². The first-order chi connectivity index (χ1) is 9.70. The van der Waals surface area contributed by atoms with E-state index in [4.69, 9.17) is 11.6 Å². The van der Waals surface area contributed by atoms with Gasteiger partial charge in [0.2, 0.25) is 0 Å². The number of alkyl halides is 3. The molecule has 0 saturated carbocycles. The molecule has 2 aromatic rings. The van der Waals surface area contributed by atoms with Crippen molar-refractivity contribution in [1.29, 1.82) is 0 Å². The largest absolute Gasteiger partial charge is 0.418 e. The summed E-state index contributed by atoms with van der Waals surface area (Å²) < 4.78 is 43.0. The highest BCUT2D eigenvalue weighted by Gasteiger charge is 2.34. The number of rotatable bonds is 3. The van der Waals surface area contributed by atoms with E-state index in [1.807, 2.05) is 0 Å². The normalized spacial score (nSPS) is 11.5. The van der Waals surface area contributed by atoms with Crippen LogP contribution in [-0.4, -0.2) is 10.2 Å². The number of ketones is 1. The Balaban J connectivity index is 2.48. The molecule has 1 N–H and O–H groups in total. The molecule has 0 aliphatic rings. The zero-order valence-electron chi connectivity index (χ0n) is 11.0. The summed E-state index contributed by atoms with van der Waals surface area (Å²) in [5.74, 6) is -0.258. The van der Waals surface area contributed by atoms with Crippen molar-refractivity contribution in [3.8, 4) is 0 Å². The number of halogens is 4. The summed E-state index contributed by atoms with van der Waals surface area (Å²) in [6.07, 6.45) is -4.55. The number of carbonyl (C=O) groups excluding carboxylic acids is 1. The van der Waals surface area contributed by atoms with Gasteiger partial charge in [-0.15, -0.1) is 0 Å². The molecular weight excluding hydrogens is 325 g/mol. The monoisotopic (exact) mass is 334 g/mol. The summed E-state index contributed by atoms with van der Waals surface area (Å²) in [5, 5.41) is 2.90. The first-order valence-corrected chi connectivity index (χ1v) is 6.96. The number of Topliss-reactive ketones (excluding diaryl/α,β-unsaturated/α-hetero) is 1. The molecule has 21 heavy (non-hydrogen) atoms. The number of carbonyl (C=O) groups is 1. The third-order valence-corrected chi connectivity index (χ3v) is 3.84. The molecule has 1 aromatic carbocycles. The average Bonchev–Trinajstić information content (AvgIpc) is 2.71. The fourth-order valence-electron chi connectivity index (χ4n) is 1.85. The number of anilines is 2. The number of hydrogen-bond acceptors (Lipinski definition) is 4. The van der Waals surface area contributed by atoms with E-state index in [9.17, 15) is 18.0 Å². The van der Waals surface area contributed by atoms with Gasteiger partial charge in [0.1, 0.15) is 5.00 Å². The van der Waals surface area contributed by atoms with E-state index in [0.29, 0.717) is 11.3 Å². The van der Waals surface area contributed by atoms with Crippen LogP contribution in [0.15, 0.2) is 18.2 Å². The van der Waals surface area contributed by atoms with Crippen LogP contribution in [0.5, 0.6) is 0 Å². The number of benzene rings is 1. The van der Waals surface area contributed by atoms with Crippen molar-refractivity contribution >= 4 is 39.6 Å². The molecule has 0 spiro atoms. The number of aromatic nitrogens is 1. The van der Waals surface area contributed by atoms with Crippen molar-refractivity contribution < 1.29 is 18.0 Å². The number of nitrogens with one attached hydrogen (secondary N) is 1. The van der Waals surface area contributed by atoms with Crippen LogP contribution < -0.4 is 5.32 Å². The number of aryl methyl sites for hydroxylation is 1. The molecule has 2 rings (SSSR count). The van der Waals surface area contributed by atoms with Gasteiger partial charge in [-0.3, -0.25) is 4.79 Å². The number of nitrogens with zero attached hydrogens (tertiary/aromatic N) is 1. The van der Waals surface area contributed by atoms with Crippen LogP contribution in [0.4, 0.5) is 23.9 Å². The second-order valence-electron chi connectivity index (χ2n) is 4.34. The second-order valence-corrected chi connectivity index (χ2v) is 5.55. The van der Waals surface area contributed by atoms with Crippen LogP contribution in [-0.2, 0) is 6.18 Å². The van der Waals surface area contributed by atoms with Crippen molar-refractivity contribution in [3.05, 3.63) is 40.0 Å². The maximum absolute atomic E-state index is 13.0. The average molecular weight is 335 g/mol. The Labute approximate surface area is 127 Å². The number of hydrogen-bond donors (Lipinski definition) is 1. The molecule has 0 unspecified atom stereocenters. The van der Waals surface area contributed by atoms with Crippen molar-refractivity contribution in [3.63, 3.8) is 0 Å². The Hall–Kier alpha value is -1.60. The van der Waals surface area contributed by atoms with Gasteiger partial charge in [0.25, 0.3) is 0 Å². The lowest BCUT2D eigenvalue weighted by Crippen LogP contribution is -2.09. The molecule has 0 aliphatic heterocycles.